The predicted octanol–water partition coefficient (Wildman–Crippen LogP) is 2.02. The lowest BCUT2D eigenvalue weighted by atomic mass is 10.2. The Morgan fingerprint density at radius 3 is 2.93 bits per heavy atom. The van der Waals surface area contributed by atoms with Crippen LogP contribution >= 0.6 is 11.6 Å². The molecule has 14 heavy (non-hydrogen) atoms. The molecule has 1 heterocycles. The van der Waals surface area contributed by atoms with Crippen molar-refractivity contribution < 1.29 is 4.39 Å². The summed E-state index contributed by atoms with van der Waals surface area (Å²) in [5, 5.41) is 0.174. The van der Waals surface area contributed by atoms with Gasteiger partial charge in [0.1, 0.15) is 17.0 Å². The average Bonchev–Trinajstić information content (AvgIpc) is 1.99. The molecule has 3 nitrogen and oxygen atoms in total. The largest absolute Gasteiger partial charge is 0.310 e. The number of hydrogen-bond donors (Lipinski definition) is 1. The van der Waals surface area contributed by atoms with Gasteiger partial charge < -0.3 is 4.98 Å². The summed E-state index contributed by atoms with van der Waals surface area (Å²) >= 11 is 5.64. The zero-order valence-corrected chi connectivity index (χ0v) is 8.02. The maximum absolute atomic E-state index is 13.3. The number of aromatic amines is 1. The monoisotopic (exact) mass is 212 g/mol. The summed E-state index contributed by atoms with van der Waals surface area (Å²) in [6.07, 6.45) is 0. The first-order valence-corrected chi connectivity index (χ1v) is 4.31. The Hall–Kier alpha value is -1.42. The van der Waals surface area contributed by atoms with Crippen LogP contribution in [0.25, 0.3) is 10.9 Å². The Bertz CT molecular complexity index is 559. The van der Waals surface area contributed by atoms with Crippen LogP contribution in [0.3, 0.4) is 0 Å². The van der Waals surface area contributed by atoms with Crippen molar-refractivity contribution in [3.63, 3.8) is 0 Å². The fraction of sp³-hybridized carbons (Fsp3) is 0.111. The fourth-order valence-electron chi connectivity index (χ4n) is 1.31. The Morgan fingerprint density at radius 2 is 2.21 bits per heavy atom. The molecule has 0 aliphatic heterocycles. The van der Waals surface area contributed by atoms with Crippen molar-refractivity contribution in [3.05, 3.63) is 39.2 Å². The average molecular weight is 213 g/mol. The second-order valence-corrected chi connectivity index (χ2v) is 3.37. The normalized spacial score (nSPS) is 10.8. The van der Waals surface area contributed by atoms with Gasteiger partial charge in [-0.3, -0.25) is 4.79 Å². The van der Waals surface area contributed by atoms with Crippen LogP contribution in [0.15, 0.2) is 16.9 Å². The first kappa shape index (κ1) is 9.15. The van der Waals surface area contributed by atoms with E-state index in [1.54, 1.807) is 6.92 Å². The third kappa shape index (κ3) is 1.37. The molecule has 1 aromatic heterocycles. The van der Waals surface area contributed by atoms with Gasteiger partial charge in [0.15, 0.2) is 0 Å². The van der Waals surface area contributed by atoms with E-state index < -0.39 is 11.4 Å². The quantitative estimate of drug-likeness (QED) is 0.726. The maximum atomic E-state index is 13.3. The third-order valence-electron chi connectivity index (χ3n) is 1.84. The predicted molar refractivity (Wildman–Crippen MR) is 52.1 cm³/mol. The molecule has 1 N–H and O–H groups in total. The molecule has 0 atom stereocenters. The zero-order chi connectivity index (χ0) is 10.3. The summed E-state index contributed by atoms with van der Waals surface area (Å²) in [5.74, 6) is -0.217. The van der Waals surface area contributed by atoms with Crippen LogP contribution in [-0.2, 0) is 0 Å². The molecule has 72 valence electrons. The van der Waals surface area contributed by atoms with Gasteiger partial charge in [-0.05, 0) is 19.1 Å². The summed E-state index contributed by atoms with van der Waals surface area (Å²) in [7, 11) is 0. The second-order valence-electron chi connectivity index (χ2n) is 2.93. The number of aryl methyl sites for hydroxylation is 1. The molecule has 0 aliphatic rings. The van der Waals surface area contributed by atoms with Gasteiger partial charge in [-0.15, -0.1) is 0 Å². The van der Waals surface area contributed by atoms with Gasteiger partial charge in [0.2, 0.25) is 0 Å². The summed E-state index contributed by atoms with van der Waals surface area (Å²) in [6, 6.07) is 2.55. The number of aromatic nitrogens is 2. The molecule has 0 saturated carbocycles. The van der Waals surface area contributed by atoms with E-state index in [-0.39, 0.29) is 15.9 Å². The van der Waals surface area contributed by atoms with Crippen LogP contribution in [0, 0.1) is 12.7 Å². The van der Waals surface area contributed by atoms with Crippen molar-refractivity contribution in [3.8, 4) is 0 Å². The molecule has 2 aromatic rings. The van der Waals surface area contributed by atoms with Gasteiger partial charge in [0.25, 0.3) is 5.56 Å². The maximum Gasteiger partial charge on any atom is 0.261 e. The van der Waals surface area contributed by atoms with Crippen molar-refractivity contribution >= 4 is 22.5 Å². The van der Waals surface area contributed by atoms with Crippen molar-refractivity contribution in [2.24, 2.45) is 0 Å². The van der Waals surface area contributed by atoms with Crippen molar-refractivity contribution in [2.75, 3.05) is 0 Å². The van der Waals surface area contributed by atoms with Gasteiger partial charge in [0, 0.05) is 5.02 Å². The molecule has 0 amide bonds. The molecule has 0 saturated heterocycles. The number of nitrogens with zero attached hydrogens (tertiary/aromatic N) is 1. The highest BCUT2D eigenvalue weighted by molar-refractivity contribution is 6.31. The van der Waals surface area contributed by atoms with Crippen LogP contribution in [0.5, 0.6) is 0 Å². The summed E-state index contributed by atoms with van der Waals surface area (Å²) in [5.41, 5.74) is -0.210. The number of fused-ring (bicyclic) bond motifs is 1. The zero-order valence-electron chi connectivity index (χ0n) is 7.27. The van der Waals surface area contributed by atoms with E-state index in [9.17, 15) is 9.18 Å². The first-order valence-electron chi connectivity index (χ1n) is 3.93. The lowest BCUT2D eigenvalue weighted by Gasteiger charge is -2.00. The van der Waals surface area contributed by atoms with E-state index in [1.165, 1.54) is 6.07 Å². The summed E-state index contributed by atoms with van der Waals surface area (Å²) in [4.78, 5) is 17.8. The topological polar surface area (TPSA) is 45.8 Å². The van der Waals surface area contributed by atoms with E-state index >= 15 is 0 Å². The van der Waals surface area contributed by atoms with Gasteiger partial charge in [-0.2, -0.15) is 0 Å². The Morgan fingerprint density at radius 1 is 1.50 bits per heavy atom. The Kier molecular flexibility index (Phi) is 2.00. The van der Waals surface area contributed by atoms with Gasteiger partial charge in [0.05, 0.1) is 5.52 Å². The van der Waals surface area contributed by atoms with Crippen LogP contribution < -0.4 is 5.56 Å². The summed E-state index contributed by atoms with van der Waals surface area (Å²) < 4.78 is 13.3. The number of halogens is 2. The van der Waals surface area contributed by atoms with Crippen LogP contribution in [0.4, 0.5) is 4.39 Å². The van der Waals surface area contributed by atoms with Crippen LogP contribution in [-0.4, -0.2) is 9.97 Å². The Balaban J connectivity index is 3.02. The van der Waals surface area contributed by atoms with Crippen LogP contribution in [0.1, 0.15) is 5.82 Å². The van der Waals surface area contributed by atoms with Gasteiger partial charge in [-0.1, -0.05) is 11.6 Å². The van der Waals surface area contributed by atoms with E-state index in [0.29, 0.717) is 5.82 Å². The second kappa shape index (κ2) is 3.06. The van der Waals surface area contributed by atoms with E-state index in [4.69, 9.17) is 11.6 Å². The van der Waals surface area contributed by atoms with Gasteiger partial charge >= 0.3 is 0 Å². The molecule has 0 unspecified atom stereocenters. The van der Waals surface area contributed by atoms with E-state index in [2.05, 4.69) is 9.97 Å². The molecule has 0 radical (unpaired) electrons. The van der Waals surface area contributed by atoms with Crippen molar-refractivity contribution in [1.82, 2.24) is 9.97 Å². The van der Waals surface area contributed by atoms with E-state index in [1.807, 2.05) is 0 Å². The highest BCUT2D eigenvalue weighted by Gasteiger charge is 2.08. The highest BCUT2D eigenvalue weighted by Crippen LogP contribution is 2.18. The number of benzene rings is 1. The Labute approximate surface area is 83.5 Å². The number of hydrogen-bond acceptors (Lipinski definition) is 2. The lowest BCUT2D eigenvalue weighted by molar-refractivity contribution is 0.638. The molecule has 0 aliphatic carbocycles. The van der Waals surface area contributed by atoms with E-state index in [0.717, 1.165) is 6.07 Å². The van der Waals surface area contributed by atoms with Gasteiger partial charge in [-0.25, -0.2) is 9.37 Å². The summed E-state index contributed by atoms with van der Waals surface area (Å²) in [6.45, 7) is 1.62. The first-order chi connectivity index (χ1) is 6.58. The minimum Gasteiger partial charge on any atom is -0.310 e. The number of nitrogens with one attached hydrogen (secondary N) is 1. The standard InChI is InChI=1S/C9H6ClFN2O/c1-4-12-7-3-5(10)2-6(11)8(7)9(14)13-4/h2-3H,1H3,(H,12,13,14). The molecule has 2 rings (SSSR count). The molecule has 0 spiro atoms. The number of rotatable bonds is 0. The molecular formula is C9H6ClFN2O. The number of H-pyrrole nitrogens is 1. The minimum atomic E-state index is -0.652. The van der Waals surface area contributed by atoms with Crippen molar-refractivity contribution in [1.29, 1.82) is 0 Å². The SMILES string of the molecule is Cc1nc2cc(Cl)cc(F)c2c(=O)[nH]1. The smallest absolute Gasteiger partial charge is 0.261 e. The molecule has 5 heteroatoms. The minimum absolute atomic E-state index is 0.0556. The molecule has 0 bridgehead atoms. The third-order valence-corrected chi connectivity index (χ3v) is 2.06. The molecule has 0 fully saturated rings. The lowest BCUT2D eigenvalue weighted by Crippen LogP contribution is -2.11. The molecular weight excluding hydrogens is 207 g/mol. The fourth-order valence-corrected chi connectivity index (χ4v) is 1.51. The molecule has 1 aromatic carbocycles. The van der Waals surface area contributed by atoms with Crippen molar-refractivity contribution in [2.45, 2.75) is 6.92 Å². The highest BCUT2D eigenvalue weighted by atomic mass is 35.5. The van der Waals surface area contributed by atoms with Crippen LogP contribution in [0.2, 0.25) is 5.02 Å².